The van der Waals surface area contributed by atoms with E-state index in [2.05, 4.69) is 41.8 Å². The summed E-state index contributed by atoms with van der Waals surface area (Å²) in [7, 11) is 0. The van der Waals surface area contributed by atoms with Crippen LogP contribution in [0.15, 0.2) is 45.9 Å². The molecule has 2 aromatic rings. The van der Waals surface area contributed by atoms with Crippen LogP contribution in [0.25, 0.3) is 0 Å². The predicted molar refractivity (Wildman–Crippen MR) is 98.9 cm³/mol. The van der Waals surface area contributed by atoms with Crippen molar-refractivity contribution in [3.8, 4) is 0 Å². The summed E-state index contributed by atoms with van der Waals surface area (Å²) < 4.78 is 27.8. The number of hydrogen-bond donors (Lipinski definition) is 1. The predicted octanol–water partition coefficient (Wildman–Crippen LogP) is 5.64. The molecule has 24 heavy (non-hydrogen) atoms. The summed E-state index contributed by atoms with van der Waals surface area (Å²) in [6, 6.07) is 3.70. The lowest BCUT2D eigenvalue weighted by molar-refractivity contribution is -0.0456. The Balaban J connectivity index is 0.000000219. The molecule has 0 radical (unpaired) electrons. The van der Waals surface area contributed by atoms with E-state index in [1.165, 1.54) is 5.56 Å². The Morgan fingerprint density at radius 2 is 1.62 bits per heavy atom. The van der Waals surface area contributed by atoms with Crippen molar-refractivity contribution in [1.82, 2.24) is 9.97 Å². The Morgan fingerprint density at radius 1 is 1.04 bits per heavy atom. The highest BCUT2D eigenvalue weighted by molar-refractivity contribution is 9.10. The molecular weight excluding hydrogens is 444 g/mol. The molecule has 2 aromatic heterocycles. The fraction of sp³-hybridized carbons (Fsp3) is 0.412. The lowest BCUT2D eigenvalue weighted by Crippen LogP contribution is -2.25. The number of alkyl halides is 2. The van der Waals surface area contributed by atoms with Crippen molar-refractivity contribution >= 4 is 37.5 Å². The fourth-order valence-electron chi connectivity index (χ4n) is 2.57. The standard InChI is InChI=1S/C12H14BrF2N.C5H5BrN2/c13-11-8-16-6-3-10(11)7-9-1-4-12(14,15)5-2-9;6-4-3-8-2-1-5(4)7/h3,6,8-9H,1-2,4-5,7H2;1-3H,(H2,7,8). The van der Waals surface area contributed by atoms with Crippen molar-refractivity contribution in [1.29, 1.82) is 0 Å². The molecule has 130 valence electrons. The van der Waals surface area contributed by atoms with Gasteiger partial charge in [0.1, 0.15) is 0 Å². The number of pyridine rings is 2. The van der Waals surface area contributed by atoms with E-state index < -0.39 is 5.92 Å². The summed E-state index contributed by atoms with van der Waals surface area (Å²) in [5, 5.41) is 0. The molecule has 0 bridgehead atoms. The van der Waals surface area contributed by atoms with Crippen molar-refractivity contribution in [2.45, 2.75) is 38.0 Å². The van der Waals surface area contributed by atoms with Crippen LogP contribution in [0.2, 0.25) is 0 Å². The summed E-state index contributed by atoms with van der Waals surface area (Å²) >= 11 is 6.64. The molecule has 1 aliphatic carbocycles. The van der Waals surface area contributed by atoms with E-state index in [1.54, 1.807) is 30.9 Å². The van der Waals surface area contributed by atoms with Crippen molar-refractivity contribution in [3.63, 3.8) is 0 Å². The van der Waals surface area contributed by atoms with Gasteiger partial charge in [0.25, 0.3) is 0 Å². The van der Waals surface area contributed by atoms with Gasteiger partial charge in [0.2, 0.25) is 5.92 Å². The molecule has 2 heterocycles. The van der Waals surface area contributed by atoms with Gasteiger partial charge in [-0.1, -0.05) is 0 Å². The summed E-state index contributed by atoms with van der Waals surface area (Å²) in [4.78, 5) is 7.81. The third-order valence-electron chi connectivity index (χ3n) is 4.01. The largest absolute Gasteiger partial charge is 0.398 e. The number of anilines is 1. The molecule has 7 heteroatoms. The first-order valence-electron chi connectivity index (χ1n) is 7.68. The van der Waals surface area contributed by atoms with Crippen LogP contribution in [0.4, 0.5) is 14.5 Å². The third kappa shape index (κ3) is 6.09. The number of nitrogens with two attached hydrogens (primary N) is 1. The molecule has 1 fully saturated rings. The lowest BCUT2D eigenvalue weighted by atomic mass is 9.83. The zero-order valence-corrected chi connectivity index (χ0v) is 16.2. The highest BCUT2D eigenvalue weighted by Crippen LogP contribution is 2.37. The second kappa shape index (κ2) is 8.85. The number of halogens is 4. The second-order valence-corrected chi connectivity index (χ2v) is 7.58. The van der Waals surface area contributed by atoms with E-state index >= 15 is 0 Å². The normalized spacial score (nSPS) is 17.0. The zero-order valence-electron chi connectivity index (χ0n) is 13.1. The first kappa shape index (κ1) is 19.2. The molecule has 0 aliphatic heterocycles. The number of nitrogens with zero attached hydrogens (tertiary/aromatic N) is 2. The van der Waals surface area contributed by atoms with Gasteiger partial charge in [-0.15, -0.1) is 0 Å². The van der Waals surface area contributed by atoms with E-state index in [4.69, 9.17) is 5.73 Å². The maximum absolute atomic E-state index is 13.0. The minimum Gasteiger partial charge on any atom is -0.398 e. The minimum absolute atomic E-state index is 0.0420. The number of aromatic nitrogens is 2. The van der Waals surface area contributed by atoms with Gasteiger partial charge in [-0.3, -0.25) is 9.97 Å². The highest BCUT2D eigenvalue weighted by atomic mass is 79.9. The third-order valence-corrected chi connectivity index (χ3v) is 5.38. The van der Waals surface area contributed by atoms with E-state index in [9.17, 15) is 8.78 Å². The van der Waals surface area contributed by atoms with Crippen LogP contribution in [0, 0.1) is 5.92 Å². The Labute approximate surface area is 157 Å². The quantitative estimate of drug-likeness (QED) is 0.628. The monoisotopic (exact) mass is 461 g/mol. The molecule has 2 N–H and O–H groups in total. The molecule has 0 spiro atoms. The molecule has 0 aromatic carbocycles. The van der Waals surface area contributed by atoms with Gasteiger partial charge in [0.15, 0.2) is 0 Å². The van der Waals surface area contributed by atoms with E-state index in [1.807, 2.05) is 6.07 Å². The van der Waals surface area contributed by atoms with E-state index in [-0.39, 0.29) is 12.8 Å². The fourth-order valence-corrected chi connectivity index (χ4v) is 3.23. The van der Waals surface area contributed by atoms with Gasteiger partial charge in [0, 0.05) is 47.8 Å². The molecule has 3 nitrogen and oxygen atoms in total. The molecular formula is C17H19Br2F2N3. The summed E-state index contributed by atoms with van der Waals surface area (Å²) in [6.07, 6.45) is 9.03. The van der Waals surface area contributed by atoms with Crippen molar-refractivity contribution in [3.05, 3.63) is 51.4 Å². The minimum atomic E-state index is -2.42. The maximum Gasteiger partial charge on any atom is 0.248 e. The Bertz CT molecular complexity index is 637. The average Bonchev–Trinajstić information content (AvgIpc) is 2.55. The van der Waals surface area contributed by atoms with E-state index in [0.717, 1.165) is 21.1 Å². The van der Waals surface area contributed by atoms with Crippen LogP contribution >= 0.6 is 31.9 Å². The Kier molecular flexibility index (Phi) is 7.10. The van der Waals surface area contributed by atoms with Crippen LogP contribution in [-0.4, -0.2) is 15.9 Å². The van der Waals surface area contributed by atoms with Gasteiger partial charge in [-0.25, -0.2) is 8.78 Å². The Morgan fingerprint density at radius 3 is 2.12 bits per heavy atom. The second-order valence-electron chi connectivity index (χ2n) is 5.87. The van der Waals surface area contributed by atoms with Crippen LogP contribution in [0.3, 0.4) is 0 Å². The molecule has 3 rings (SSSR count). The first-order chi connectivity index (χ1) is 11.4. The van der Waals surface area contributed by atoms with Crippen LogP contribution in [-0.2, 0) is 6.42 Å². The molecule has 0 unspecified atom stereocenters. The summed E-state index contributed by atoms with van der Waals surface area (Å²) in [5.74, 6) is -2.04. The zero-order chi connectivity index (χ0) is 17.6. The van der Waals surface area contributed by atoms with E-state index in [0.29, 0.717) is 18.8 Å². The highest BCUT2D eigenvalue weighted by Gasteiger charge is 2.34. The van der Waals surface area contributed by atoms with Crippen molar-refractivity contribution in [2.75, 3.05) is 5.73 Å². The van der Waals surface area contributed by atoms with Gasteiger partial charge in [-0.05, 0) is 74.7 Å². The molecule has 0 atom stereocenters. The van der Waals surface area contributed by atoms with Crippen LogP contribution in [0.5, 0.6) is 0 Å². The number of hydrogen-bond acceptors (Lipinski definition) is 3. The molecule has 0 saturated heterocycles. The van der Waals surface area contributed by atoms with Gasteiger partial charge < -0.3 is 5.73 Å². The lowest BCUT2D eigenvalue weighted by Gasteiger charge is -2.28. The SMILES string of the molecule is FC1(F)CCC(Cc2ccncc2Br)CC1.Nc1ccncc1Br. The molecule has 1 saturated carbocycles. The van der Waals surface area contributed by atoms with Crippen molar-refractivity contribution in [2.24, 2.45) is 5.92 Å². The van der Waals surface area contributed by atoms with Gasteiger partial charge >= 0.3 is 0 Å². The van der Waals surface area contributed by atoms with Gasteiger partial charge in [0.05, 0.1) is 4.47 Å². The molecule has 1 aliphatic rings. The summed E-state index contributed by atoms with van der Waals surface area (Å²) in [6.45, 7) is 0. The molecule has 0 amide bonds. The van der Waals surface area contributed by atoms with Gasteiger partial charge in [-0.2, -0.15) is 0 Å². The first-order valence-corrected chi connectivity index (χ1v) is 9.27. The number of rotatable bonds is 2. The maximum atomic E-state index is 13.0. The van der Waals surface area contributed by atoms with Crippen LogP contribution in [0.1, 0.15) is 31.2 Å². The average molecular weight is 463 g/mol. The number of nitrogen functional groups attached to an aromatic ring is 1. The smallest absolute Gasteiger partial charge is 0.248 e. The topological polar surface area (TPSA) is 51.8 Å². The summed E-state index contributed by atoms with van der Waals surface area (Å²) in [5.41, 5.74) is 7.33. The Hall–Kier alpha value is -1.08. The van der Waals surface area contributed by atoms with Crippen molar-refractivity contribution < 1.29 is 8.78 Å². The van der Waals surface area contributed by atoms with Crippen LogP contribution < -0.4 is 5.73 Å².